The first-order valence-corrected chi connectivity index (χ1v) is 6.18. The minimum Gasteiger partial charge on any atom is -0.347 e. The Kier molecular flexibility index (Phi) is 3.53. The van der Waals surface area contributed by atoms with Crippen LogP contribution in [0.25, 0.3) is 10.9 Å². The molecule has 1 aromatic heterocycles. The first-order valence-electron chi connectivity index (χ1n) is 5.19. The summed E-state index contributed by atoms with van der Waals surface area (Å²) in [4.78, 5) is 0. The lowest BCUT2D eigenvalue weighted by atomic mass is 10.2. The van der Waals surface area contributed by atoms with Crippen LogP contribution < -0.4 is 0 Å². The maximum absolute atomic E-state index is 12.0. The van der Waals surface area contributed by atoms with Gasteiger partial charge in [-0.1, -0.05) is 6.07 Å². The van der Waals surface area contributed by atoms with Gasteiger partial charge in [0.05, 0.1) is 11.6 Å². The van der Waals surface area contributed by atoms with E-state index in [-0.39, 0.29) is 24.1 Å². The first kappa shape index (κ1) is 12.8. The molecule has 0 saturated carbocycles. The molecule has 0 unspecified atom stereocenters. The molecule has 2 nitrogen and oxygen atoms in total. The summed E-state index contributed by atoms with van der Waals surface area (Å²) in [5.74, 6) is -0.0376. The van der Waals surface area contributed by atoms with Crippen molar-refractivity contribution < 1.29 is 13.2 Å². The number of aromatic nitrogens is 1. The average Bonchev–Trinajstić information content (AvgIpc) is 2.70. The van der Waals surface area contributed by atoms with E-state index in [0.717, 1.165) is 10.9 Å². The van der Waals surface area contributed by atoms with E-state index in [0.29, 0.717) is 5.56 Å². The second kappa shape index (κ2) is 4.94. The van der Waals surface area contributed by atoms with Crippen LogP contribution in [0.2, 0.25) is 0 Å². The van der Waals surface area contributed by atoms with Gasteiger partial charge in [-0.25, -0.2) is 0 Å². The number of hydrogen-bond donors (Lipinski definition) is 0. The number of rotatable bonds is 3. The van der Waals surface area contributed by atoms with Gasteiger partial charge in [0, 0.05) is 24.0 Å². The fraction of sp³-hybridized carbons (Fsp3) is 0.250. The SMILES string of the molecule is N#Cc1ccc2ccn(CCSC(F)(F)F)c2c1. The molecule has 2 aromatic rings. The summed E-state index contributed by atoms with van der Waals surface area (Å²) in [5.41, 5.74) is -2.90. The van der Waals surface area contributed by atoms with Crippen molar-refractivity contribution >= 4 is 22.7 Å². The van der Waals surface area contributed by atoms with Gasteiger partial charge in [-0.2, -0.15) is 18.4 Å². The largest absolute Gasteiger partial charge is 0.441 e. The fourth-order valence-electron chi connectivity index (χ4n) is 1.71. The highest BCUT2D eigenvalue weighted by molar-refractivity contribution is 8.00. The third-order valence-electron chi connectivity index (χ3n) is 2.50. The van der Waals surface area contributed by atoms with Gasteiger partial charge in [0.25, 0.3) is 0 Å². The summed E-state index contributed by atoms with van der Waals surface area (Å²) in [5, 5.41) is 9.72. The van der Waals surface area contributed by atoms with E-state index in [1.165, 1.54) is 0 Å². The quantitative estimate of drug-likeness (QED) is 0.849. The normalized spacial score (nSPS) is 11.7. The maximum Gasteiger partial charge on any atom is 0.441 e. The van der Waals surface area contributed by atoms with E-state index in [4.69, 9.17) is 5.26 Å². The van der Waals surface area contributed by atoms with Crippen LogP contribution in [0.5, 0.6) is 0 Å². The lowest BCUT2D eigenvalue weighted by Gasteiger charge is -2.07. The molecule has 0 aliphatic rings. The molecule has 0 atom stereocenters. The van der Waals surface area contributed by atoms with Crippen molar-refractivity contribution in [1.29, 1.82) is 5.26 Å². The van der Waals surface area contributed by atoms with Crippen molar-refractivity contribution in [2.24, 2.45) is 0 Å². The monoisotopic (exact) mass is 270 g/mol. The third kappa shape index (κ3) is 2.99. The van der Waals surface area contributed by atoms with Gasteiger partial charge in [0.1, 0.15) is 0 Å². The predicted octanol–water partition coefficient (Wildman–Crippen LogP) is 3.77. The molecule has 6 heteroatoms. The number of benzene rings is 1. The molecule has 0 saturated heterocycles. The molecule has 0 aliphatic carbocycles. The number of fused-ring (bicyclic) bond motifs is 1. The lowest BCUT2D eigenvalue weighted by Crippen LogP contribution is -2.06. The summed E-state index contributed by atoms with van der Waals surface area (Å²) in [6.07, 6.45) is 1.74. The molecule has 0 bridgehead atoms. The zero-order valence-electron chi connectivity index (χ0n) is 9.24. The Morgan fingerprint density at radius 1 is 1.28 bits per heavy atom. The molecule has 18 heavy (non-hydrogen) atoms. The second-order valence-electron chi connectivity index (χ2n) is 3.69. The number of nitrogens with zero attached hydrogens (tertiary/aromatic N) is 2. The van der Waals surface area contributed by atoms with Gasteiger partial charge in [-0.15, -0.1) is 0 Å². The molecular formula is C12H9F3N2S. The summed E-state index contributed by atoms with van der Waals surface area (Å²) < 4.78 is 37.8. The Labute approximate surface area is 106 Å². The van der Waals surface area contributed by atoms with Gasteiger partial charge in [-0.3, -0.25) is 0 Å². The van der Waals surface area contributed by atoms with Crippen molar-refractivity contribution in [1.82, 2.24) is 4.57 Å². The Morgan fingerprint density at radius 3 is 2.72 bits per heavy atom. The number of thioether (sulfide) groups is 1. The molecule has 0 spiro atoms. The topological polar surface area (TPSA) is 28.7 Å². The van der Waals surface area contributed by atoms with Gasteiger partial charge in [0.2, 0.25) is 0 Å². The highest BCUT2D eigenvalue weighted by atomic mass is 32.2. The number of aryl methyl sites for hydroxylation is 1. The fourth-order valence-corrected chi connectivity index (χ4v) is 2.23. The van der Waals surface area contributed by atoms with Crippen LogP contribution in [-0.2, 0) is 6.54 Å². The van der Waals surface area contributed by atoms with Crippen molar-refractivity contribution in [3.05, 3.63) is 36.0 Å². The Bertz CT molecular complexity index is 595. The average molecular weight is 270 g/mol. The molecule has 94 valence electrons. The van der Waals surface area contributed by atoms with E-state index >= 15 is 0 Å². The second-order valence-corrected chi connectivity index (χ2v) is 4.85. The standard InChI is InChI=1S/C12H9F3N2S/c13-12(14,15)18-6-5-17-4-3-10-2-1-9(8-16)7-11(10)17/h1-4,7H,5-6H2. The molecule has 0 radical (unpaired) electrons. The first-order chi connectivity index (χ1) is 8.49. The zero-order chi connectivity index (χ0) is 13.2. The maximum atomic E-state index is 12.0. The molecule has 0 N–H and O–H groups in total. The summed E-state index contributed by atoms with van der Waals surface area (Å²) in [7, 11) is 0. The molecule has 0 fully saturated rings. The molecular weight excluding hydrogens is 261 g/mol. The van der Waals surface area contributed by atoms with E-state index in [1.54, 1.807) is 29.0 Å². The Hall–Kier alpha value is -1.61. The smallest absolute Gasteiger partial charge is 0.347 e. The number of halogens is 3. The Morgan fingerprint density at radius 2 is 2.06 bits per heavy atom. The van der Waals surface area contributed by atoms with Crippen LogP contribution in [0.1, 0.15) is 5.56 Å². The van der Waals surface area contributed by atoms with Crippen LogP contribution in [0.4, 0.5) is 13.2 Å². The number of alkyl halides is 3. The van der Waals surface area contributed by atoms with Gasteiger partial charge < -0.3 is 4.57 Å². The molecule has 1 heterocycles. The summed E-state index contributed by atoms with van der Waals surface area (Å²) in [6.45, 7) is 0.266. The van der Waals surface area contributed by atoms with Crippen LogP contribution in [0.15, 0.2) is 30.5 Å². The van der Waals surface area contributed by atoms with Crippen LogP contribution in [-0.4, -0.2) is 15.8 Å². The molecule has 2 rings (SSSR count). The zero-order valence-corrected chi connectivity index (χ0v) is 10.1. The van der Waals surface area contributed by atoms with Crippen LogP contribution >= 0.6 is 11.8 Å². The van der Waals surface area contributed by atoms with Crippen molar-refractivity contribution in [2.75, 3.05) is 5.75 Å². The van der Waals surface area contributed by atoms with Crippen LogP contribution in [0, 0.1) is 11.3 Å². The van der Waals surface area contributed by atoms with E-state index in [2.05, 4.69) is 0 Å². The van der Waals surface area contributed by atoms with Crippen LogP contribution in [0.3, 0.4) is 0 Å². The Balaban J connectivity index is 2.16. The van der Waals surface area contributed by atoms with Gasteiger partial charge in [-0.05, 0) is 35.3 Å². The number of nitriles is 1. The number of hydrogen-bond acceptors (Lipinski definition) is 2. The molecule has 1 aromatic carbocycles. The lowest BCUT2D eigenvalue weighted by molar-refractivity contribution is -0.0328. The van der Waals surface area contributed by atoms with Gasteiger partial charge >= 0.3 is 5.51 Å². The van der Waals surface area contributed by atoms with E-state index in [1.807, 2.05) is 12.1 Å². The third-order valence-corrected chi connectivity index (χ3v) is 3.21. The minimum absolute atomic E-state index is 0.0355. The van der Waals surface area contributed by atoms with E-state index in [9.17, 15) is 13.2 Å². The van der Waals surface area contributed by atoms with E-state index < -0.39 is 5.51 Å². The minimum atomic E-state index is -4.19. The summed E-state index contributed by atoms with van der Waals surface area (Å²) in [6, 6.07) is 9.02. The highest BCUT2D eigenvalue weighted by Gasteiger charge is 2.27. The molecule has 0 amide bonds. The van der Waals surface area contributed by atoms with Crippen molar-refractivity contribution in [2.45, 2.75) is 12.1 Å². The molecule has 0 aliphatic heterocycles. The predicted molar refractivity (Wildman–Crippen MR) is 65.2 cm³/mol. The summed E-state index contributed by atoms with van der Waals surface area (Å²) >= 11 is -0.0355. The van der Waals surface area contributed by atoms with Crippen molar-refractivity contribution in [3.63, 3.8) is 0 Å². The van der Waals surface area contributed by atoms with Gasteiger partial charge in [0.15, 0.2) is 0 Å². The highest BCUT2D eigenvalue weighted by Crippen LogP contribution is 2.30. The van der Waals surface area contributed by atoms with Crippen molar-refractivity contribution in [3.8, 4) is 6.07 Å².